The molecule has 0 heterocycles. The third kappa shape index (κ3) is 4.46. The number of hydrogen-bond donors (Lipinski definition) is 2. The lowest BCUT2D eigenvalue weighted by molar-refractivity contribution is -0.137. The van der Waals surface area contributed by atoms with Crippen molar-refractivity contribution in [3.8, 4) is 0 Å². The smallest absolute Gasteiger partial charge is 0.317 e. The van der Waals surface area contributed by atoms with Gasteiger partial charge in [0.05, 0.1) is 6.42 Å². The molecule has 1 aliphatic carbocycles. The summed E-state index contributed by atoms with van der Waals surface area (Å²) in [6.07, 6.45) is 1.83. The molecule has 2 N–H and O–H groups in total. The van der Waals surface area contributed by atoms with Gasteiger partial charge >= 0.3 is 12.0 Å². The van der Waals surface area contributed by atoms with Crippen molar-refractivity contribution in [3.05, 3.63) is 34.3 Å². The van der Waals surface area contributed by atoms with Crippen LogP contribution in [0.1, 0.15) is 30.7 Å². The highest BCUT2D eigenvalue weighted by molar-refractivity contribution is 9.10. The molecule has 2 rings (SSSR count). The minimum atomic E-state index is -0.895. The lowest BCUT2D eigenvalue weighted by Crippen LogP contribution is -2.48. The second-order valence-electron chi connectivity index (χ2n) is 5.43. The van der Waals surface area contributed by atoms with Gasteiger partial charge in [-0.05, 0) is 36.5 Å². The average Bonchev–Trinajstić information content (AvgIpc) is 2.40. The summed E-state index contributed by atoms with van der Waals surface area (Å²) in [7, 11) is 1.61. The Morgan fingerprint density at radius 2 is 1.95 bits per heavy atom. The van der Waals surface area contributed by atoms with E-state index in [1.165, 1.54) is 10.5 Å². The Kier molecular flexibility index (Phi) is 5.22. The number of carboxylic acid groups (broad SMARTS) is 1. The van der Waals surface area contributed by atoms with E-state index in [0.717, 1.165) is 17.3 Å². The van der Waals surface area contributed by atoms with Crippen LogP contribution in [-0.2, 0) is 4.79 Å². The van der Waals surface area contributed by atoms with Crippen molar-refractivity contribution in [2.75, 3.05) is 13.6 Å². The van der Waals surface area contributed by atoms with Crippen LogP contribution < -0.4 is 5.32 Å². The van der Waals surface area contributed by atoms with Gasteiger partial charge < -0.3 is 15.3 Å². The van der Waals surface area contributed by atoms with Crippen LogP contribution in [0.15, 0.2) is 28.7 Å². The Balaban J connectivity index is 1.73. The SMILES string of the molecule is CN(CCC(=O)O)C(=O)NC1CC(c2ccc(Br)cc2)C1. The summed E-state index contributed by atoms with van der Waals surface area (Å²) in [4.78, 5) is 23.8. The zero-order chi connectivity index (χ0) is 15.4. The number of amides is 2. The van der Waals surface area contributed by atoms with Crippen LogP contribution in [0.4, 0.5) is 4.79 Å². The molecular formula is C15H19BrN2O3. The topological polar surface area (TPSA) is 69.6 Å². The average molecular weight is 355 g/mol. The predicted molar refractivity (Wildman–Crippen MR) is 83.3 cm³/mol. The Hall–Kier alpha value is -1.56. The summed E-state index contributed by atoms with van der Waals surface area (Å²) in [6.45, 7) is 0.226. The lowest BCUT2D eigenvalue weighted by Gasteiger charge is -2.37. The summed E-state index contributed by atoms with van der Waals surface area (Å²) in [5.41, 5.74) is 1.29. The van der Waals surface area contributed by atoms with Gasteiger partial charge in [0.2, 0.25) is 0 Å². The van der Waals surface area contributed by atoms with Gasteiger partial charge in [0.1, 0.15) is 0 Å². The van der Waals surface area contributed by atoms with Gasteiger partial charge in [-0.1, -0.05) is 28.1 Å². The molecule has 0 radical (unpaired) electrons. The predicted octanol–water partition coefficient (Wildman–Crippen LogP) is 2.81. The summed E-state index contributed by atoms with van der Waals surface area (Å²) in [5, 5.41) is 11.5. The Morgan fingerprint density at radius 1 is 1.33 bits per heavy atom. The highest BCUT2D eigenvalue weighted by Gasteiger charge is 2.31. The zero-order valence-electron chi connectivity index (χ0n) is 11.9. The van der Waals surface area contributed by atoms with Crippen LogP contribution in [0.5, 0.6) is 0 Å². The van der Waals surface area contributed by atoms with Crippen molar-refractivity contribution in [2.24, 2.45) is 0 Å². The molecule has 0 unspecified atom stereocenters. The number of nitrogens with zero attached hydrogens (tertiary/aromatic N) is 1. The quantitative estimate of drug-likeness (QED) is 0.853. The van der Waals surface area contributed by atoms with E-state index in [1.54, 1.807) is 7.05 Å². The van der Waals surface area contributed by atoms with E-state index in [1.807, 2.05) is 12.1 Å². The molecule has 5 nitrogen and oxygen atoms in total. The highest BCUT2D eigenvalue weighted by atomic mass is 79.9. The Bertz CT molecular complexity index is 512. The van der Waals surface area contributed by atoms with Gasteiger partial charge in [-0.2, -0.15) is 0 Å². The summed E-state index contributed by atoms with van der Waals surface area (Å²) >= 11 is 3.42. The Morgan fingerprint density at radius 3 is 2.52 bits per heavy atom. The molecule has 1 aromatic carbocycles. The second-order valence-corrected chi connectivity index (χ2v) is 6.35. The molecule has 1 aliphatic rings. The van der Waals surface area contributed by atoms with Gasteiger partial charge in [-0.15, -0.1) is 0 Å². The first-order valence-corrected chi connectivity index (χ1v) is 7.74. The maximum absolute atomic E-state index is 11.9. The molecular weight excluding hydrogens is 336 g/mol. The van der Waals surface area contributed by atoms with Gasteiger partial charge in [0.15, 0.2) is 0 Å². The molecule has 6 heteroatoms. The monoisotopic (exact) mass is 354 g/mol. The van der Waals surface area contributed by atoms with Crippen LogP contribution >= 0.6 is 15.9 Å². The van der Waals surface area contributed by atoms with Crippen LogP contribution in [0.3, 0.4) is 0 Å². The van der Waals surface area contributed by atoms with E-state index in [-0.39, 0.29) is 25.0 Å². The zero-order valence-corrected chi connectivity index (χ0v) is 13.5. The van der Waals surface area contributed by atoms with Gasteiger partial charge in [-0.25, -0.2) is 4.79 Å². The summed E-state index contributed by atoms with van der Waals surface area (Å²) in [6, 6.07) is 8.24. The van der Waals surface area contributed by atoms with Crippen molar-refractivity contribution in [3.63, 3.8) is 0 Å². The van der Waals surface area contributed by atoms with Gasteiger partial charge in [0, 0.05) is 24.1 Å². The molecule has 0 bridgehead atoms. The number of carbonyl (C=O) groups is 2. The van der Waals surface area contributed by atoms with Crippen molar-refractivity contribution < 1.29 is 14.7 Å². The fourth-order valence-corrected chi connectivity index (χ4v) is 2.66. The first-order valence-electron chi connectivity index (χ1n) is 6.94. The van der Waals surface area contributed by atoms with Gasteiger partial charge in [0.25, 0.3) is 0 Å². The maximum atomic E-state index is 11.9. The highest BCUT2D eigenvalue weighted by Crippen LogP contribution is 2.37. The molecule has 21 heavy (non-hydrogen) atoms. The minimum Gasteiger partial charge on any atom is -0.481 e. The van der Waals surface area contributed by atoms with E-state index < -0.39 is 5.97 Å². The molecule has 1 saturated carbocycles. The molecule has 1 aromatic rings. The van der Waals surface area contributed by atoms with E-state index in [0.29, 0.717) is 5.92 Å². The van der Waals surface area contributed by atoms with Crippen molar-refractivity contribution in [1.82, 2.24) is 10.2 Å². The molecule has 0 aromatic heterocycles. The molecule has 0 saturated heterocycles. The molecule has 0 aliphatic heterocycles. The van der Waals surface area contributed by atoms with E-state index in [2.05, 4.69) is 33.4 Å². The molecule has 0 spiro atoms. The number of nitrogens with one attached hydrogen (secondary N) is 1. The third-order valence-corrected chi connectivity index (χ3v) is 4.34. The van der Waals surface area contributed by atoms with E-state index in [9.17, 15) is 9.59 Å². The fourth-order valence-electron chi connectivity index (χ4n) is 2.39. The molecule has 114 valence electrons. The summed E-state index contributed by atoms with van der Waals surface area (Å²) in [5.74, 6) is -0.402. The maximum Gasteiger partial charge on any atom is 0.317 e. The van der Waals surface area contributed by atoms with Crippen LogP contribution in [0, 0.1) is 0 Å². The lowest BCUT2D eigenvalue weighted by atomic mass is 9.76. The van der Waals surface area contributed by atoms with Crippen molar-refractivity contribution in [1.29, 1.82) is 0 Å². The number of benzene rings is 1. The standard InChI is InChI=1S/C15H19BrN2O3/c1-18(7-6-14(19)20)15(21)17-13-8-11(9-13)10-2-4-12(16)5-3-10/h2-5,11,13H,6-9H2,1H3,(H,17,21)(H,19,20). The number of hydrogen-bond acceptors (Lipinski definition) is 2. The number of carbonyl (C=O) groups excluding carboxylic acids is 1. The fraction of sp³-hybridized carbons (Fsp3) is 0.467. The van der Waals surface area contributed by atoms with Crippen LogP contribution in [-0.4, -0.2) is 41.6 Å². The Labute approximate surface area is 132 Å². The largest absolute Gasteiger partial charge is 0.481 e. The molecule has 1 fully saturated rings. The molecule has 0 atom stereocenters. The van der Waals surface area contributed by atoms with Crippen molar-refractivity contribution in [2.45, 2.75) is 31.2 Å². The first-order chi connectivity index (χ1) is 9.95. The van der Waals surface area contributed by atoms with Crippen molar-refractivity contribution >= 4 is 27.9 Å². The summed E-state index contributed by atoms with van der Waals surface area (Å²) < 4.78 is 1.07. The van der Waals surface area contributed by atoms with E-state index >= 15 is 0 Å². The number of urea groups is 1. The normalized spacial score (nSPS) is 20.5. The molecule has 2 amide bonds. The number of carboxylic acids is 1. The van der Waals surface area contributed by atoms with Crippen LogP contribution in [0.2, 0.25) is 0 Å². The second kappa shape index (κ2) is 6.93. The number of aliphatic carboxylic acids is 1. The third-order valence-electron chi connectivity index (χ3n) is 3.81. The van der Waals surface area contributed by atoms with Crippen LogP contribution in [0.25, 0.3) is 0 Å². The van der Waals surface area contributed by atoms with Gasteiger partial charge in [-0.3, -0.25) is 4.79 Å². The minimum absolute atomic E-state index is 0.0316. The number of halogens is 1. The first kappa shape index (κ1) is 15.8. The van der Waals surface area contributed by atoms with E-state index in [4.69, 9.17) is 5.11 Å². The number of rotatable bonds is 5.